The third-order valence-electron chi connectivity index (χ3n) is 2.70. The Kier molecular flexibility index (Phi) is 5.93. The first kappa shape index (κ1) is 14.5. The van der Waals surface area contributed by atoms with Crippen LogP contribution in [0.25, 0.3) is 0 Å². The number of hydrogen-bond donors (Lipinski definition) is 1. The van der Waals surface area contributed by atoms with Gasteiger partial charge in [-0.25, -0.2) is 4.39 Å². The molecule has 96 valence electrons. The molecule has 0 aliphatic carbocycles. The summed E-state index contributed by atoms with van der Waals surface area (Å²) in [6, 6.07) is 4.87. The van der Waals surface area contributed by atoms with Crippen molar-refractivity contribution in [2.75, 3.05) is 6.54 Å². The first-order valence-corrected chi connectivity index (χ1v) is 6.61. The fourth-order valence-electron chi connectivity index (χ4n) is 1.94. The summed E-state index contributed by atoms with van der Waals surface area (Å²) in [7, 11) is 0. The molecule has 1 N–H and O–H groups in total. The third-order valence-corrected chi connectivity index (χ3v) is 3.03. The van der Waals surface area contributed by atoms with Crippen molar-refractivity contribution >= 4 is 11.6 Å². The van der Waals surface area contributed by atoms with Crippen LogP contribution in [0.15, 0.2) is 18.2 Å². The van der Waals surface area contributed by atoms with E-state index in [4.69, 9.17) is 11.6 Å². The van der Waals surface area contributed by atoms with E-state index in [1.807, 2.05) is 0 Å². The second-order valence-electron chi connectivity index (χ2n) is 4.77. The molecule has 3 heteroatoms. The highest BCUT2D eigenvalue weighted by molar-refractivity contribution is 6.31. The van der Waals surface area contributed by atoms with E-state index in [9.17, 15) is 4.39 Å². The second kappa shape index (κ2) is 6.97. The van der Waals surface area contributed by atoms with Crippen molar-refractivity contribution < 1.29 is 4.39 Å². The summed E-state index contributed by atoms with van der Waals surface area (Å²) >= 11 is 6.11. The van der Waals surface area contributed by atoms with Gasteiger partial charge in [-0.2, -0.15) is 0 Å². The molecule has 1 atom stereocenters. The Hall–Kier alpha value is -0.600. The van der Waals surface area contributed by atoms with Crippen molar-refractivity contribution in [3.05, 3.63) is 34.6 Å². The van der Waals surface area contributed by atoms with E-state index in [-0.39, 0.29) is 11.9 Å². The normalized spacial score (nSPS) is 13.1. The number of hydrogen-bond acceptors (Lipinski definition) is 1. The predicted molar refractivity (Wildman–Crippen MR) is 71.9 cm³/mol. The summed E-state index contributed by atoms with van der Waals surface area (Å²) in [5.41, 5.74) is 0.608. The minimum Gasteiger partial charge on any atom is -0.310 e. The van der Waals surface area contributed by atoms with Crippen LogP contribution in [0.2, 0.25) is 5.02 Å². The average Bonchev–Trinajstić information content (AvgIpc) is 2.24. The lowest BCUT2D eigenvalue weighted by atomic mass is 9.96. The van der Waals surface area contributed by atoms with Crippen LogP contribution in [0, 0.1) is 11.7 Å². The molecule has 0 aliphatic heterocycles. The first-order chi connectivity index (χ1) is 8.06. The van der Waals surface area contributed by atoms with Crippen LogP contribution in [0.4, 0.5) is 4.39 Å². The van der Waals surface area contributed by atoms with Gasteiger partial charge in [-0.3, -0.25) is 0 Å². The molecule has 0 bridgehead atoms. The maximum absolute atomic E-state index is 13.9. The molecule has 0 heterocycles. The van der Waals surface area contributed by atoms with E-state index in [1.54, 1.807) is 12.1 Å². The lowest BCUT2D eigenvalue weighted by Gasteiger charge is -2.22. The SMILES string of the molecule is CCCNC(CC(C)C)c1c(F)cccc1Cl. The second-order valence-corrected chi connectivity index (χ2v) is 5.18. The summed E-state index contributed by atoms with van der Waals surface area (Å²) in [4.78, 5) is 0. The molecule has 17 heavy (non-hydrogen) atoms. The monoisotopic (exact) mass is 257 g/mol. The zero-order valence-electron chi connectivity index (χ0n) is 10.8. The first-order valence-electron chi connectivity index (χ1n) is 6.23. The van der Waals surface area contributed by atoms with Gasteiger partial charge in [0.2, 0.25) is 0 Å². The van der Waals surface area contributed by atoms with Gasteiger partial charge in [-0.15, -0.1) is 0 Å². The Morgan fingerprint density at radius 2 is 2.06 bits per heavy atom. The zero-order chi connectivity index (χ0) is 12.8. The van der Waals surface area contributed by atoms with Crippen molar-refractivity contribution in [3.63, 3.8) is 0 Å². The molecule has 1 aromatic rings. The maximum Gasteiger partial charge on any atom is 0.129 e. The topological polar surface area (TPSA) is 12.0 Å². The van der Waals surface area contributed by atoms with Crippen molar-refractivity contribution in [2.24, 2.45) is 5.92 Å². The molecule has 0 saturated heterocycles. The highest BCUT2D eigenvalue weighted by Crippen LogP contribution is 2.30. The Labute approximate surface area is 108 Å². The number of benzene rings is 1. The van der Waals surface area contributed by atoms with Gasteiger partial charge >= 0.3 is 0 Å². The molecule has 0 amide bonds. The minimum absolute atomic E-state index is 0.00338. The fourth-order valence-corrected chi connectivity index (χ4v) is 2.23. The van der Waals surface area contributed by atoms with Gasteiger partial charge in [0, 0.05) is 16.6 Å². The van der Waals surface area contributed by atoms with E-state index in [0.29, 0.717) is 16.5 Å². The highest BCUT2D eigenvalue weighted by atomic mass is 35.5. The fraction of sp³-hybridized carbons (Fsp3) is 0.571. The van der Waals surface area contributed by atoms with Crippen molar-refractivity contribution in [1.29, 1.82) is 0 Å². The van der Waals surface area contributed by atoms with Crippen LogP contribution in [0.3, 0.4) is 0 Å². The lowest BCUT2D eigenvalue weighted by molar-refractivity contribution is 0.416. The minimum atomic E-state index is -0.216. The lowest BCUT2D eigenvalue weighted by Crippen LogP contribution is -2.24. The zero-order valence-corrected chi connectivity index (χ0v) is 11.5. The smallest absolute Gasteiger partial charge is 0.129 e. The molecular weight excluding hydrogens is 237 g/mol. The molecule has 0 aliphatic rings. The molecule has 1 nitrogen and oxygen atoms in total. The number of rotatable bonds is 6. The third kappa shape index (κ3) is 4.29. The van der Waals surface area contributed by atoms with E-state index >= 15 is 0 Å². The van der Waals surface area contributed by atoms with Crippen LogP contribution >= 0.6 is 11.6 Å². The van der Waals surface area contributed by atoms with E-state index in [0.717, 1.165) is 19.4 Å². The van der Waals surface area contributed by atoms with Gasteiger partial charge in [0.1, 0.15) is 5.82 Å². The molecular formula is C14H21ClFN. The molecule has 0 aromatic heterocycles. The van der Waals surface area contributed by atoms with Gasteiger partial charge in [0.25, 0.3) is 0 Å². The van der Waals surface area contributed by atoms with Crippen LogP contribution < -0.4 is 5.32 Å². The number of nitrogens with one attached hydrogen (secondary N) is 1. The van der Waals surface area contributed by atoms with Crippen LogP contribution in [0.1, 0.15) is 45.2 Å². The predicted octanol–water partition coefficient (Wildman–Crippen LogP) is 4.57. The molecule has 0 spiro atoms. The maximum atomic E-state index is 13.9. The Balaban J connectivity index is 2.94. The number of halogens is 2. The summed E-state index contributed by atoms with van der Waals surface area (Å²) in [5, 5.41) is 3.89. The van der Waals surface area contributed by atoms with Crippen molar-refractivity contribution in [3.8, 4) is 0 Å². The quantitative estimate of drug-likeness (QED) is 0.787. The summed E-state index contributed by atoms with van der Waals surface area (Å²) in [6.45, 7) is 7.25. The summed E-state index contributed by atoms with van der Waals surface area (Å²) < 4.78 is 13.9. The molecule has 1 rings (SSSR count). The van der Waals surface area contributed by atoms with E-state index in [1.165, 1.54) is 6.07 Å². The average molecular weight is 258 g/mol. The van der Waals surface area contributed by atoms with E-state index < -0.39 is 0 Å². The van der Waals surface area contributed by atoms with Gasteiger partial charge in [0.05, 0.1) is 0 Å². The van der Waals surface area contributed by atoms with E-state index in [2.05, 4.69) is 26.1 Å². The van der Waals surface area contributed by atoms with Gasteiger partial charge < -0.3 is 5.32 Å². The van der Waals surface area contributed by atoms with Gasteiger partial charge in [-0.05, 0) is 37.4 Å². The molecule has 1 unspecified atom stereocenters. The molecule has 0 saturated carbocycles. The highest BCUT2D eigenvalue weighted by Gasteiger charge is 2.19. The standard InChI is InChI=1S/C14H21ClFN/c1-4-8-17-13(9-10(2)3)14-11(15)6-5-7-12(14)16/h5-7,10,13,17H,4,8-9H2,1-3H3. The Morgan fingerprint density at radius 1 is 1.35 bits per heavy atom. The van der Waals surface area contributed by atoms with Crippen molar-refractivity contribution in [1.82, 2.24) is 5.32 Å². The van der Waals surface area contributed by atoms with Crippen molar-refractivity contribution in [2.45, 2.75) is 39.7 Å². The summed E-state index contributed by atoms with van der Waals surface area (Å²) in [5.74, 6) is 0.284. The van der Waals surface area contributed by atoms with Gasteiger partial charge in [0.15, 0.2) is 0 Å². The van der Waals surface area contributed by atoms with Gasteiger partial charge in [-0.1, -0.05) is 38.4 Å². The summed E-state index contributed by atoms with van der Waals surface area (Å²) in [6.07, 6.45) is 1.92. The van der Waals surface area contributed by atoms with Crippen LogP contribution in [-0.2, 0) is 0 Å². The molecule has 0 fully saturated rings. The Bertz CT molecular complexity index is 332. The molecule has 0 radical (unpaired) electrons. The largest absolute Gasteiger partial charge is 0.310 e. The molecule has 1 aromatic carbocycles. The Morgan fingerprint density at radius 3 is 2.59 bits per heavy atom. The van der Waals surface area contributed by atoms with Crippen LogP contribution in [-0.4, -0.2) is 6.54 Å². The van der Waals surface area contributed by atoms with Crippen LogP contribution in [0.5, 0.6) is 0 Å².